The highest BCUT2D eigenvalue weighted by atomic mass is 32.1. The van der Waals surface area contributed by atoms with E-state index < -0.39 is 0 Å². The SMILES string of the molecule is Cc1nn(Cc2cccs2)c(C)c1CNC(C)C. The average molecular weight is 263 g/mol. The van der Waals surface area contributed by atoms with Crippen LogP contribution in [0.15, 0.2) is 17.5 Å². The molecule has 2 aromatic heterocycles. The third-order valence-electron chi connectivity index (χ3n) is 3.10. The van der Waals surface area contributed by atoms with Gasteiger partial charge in [-0.2, -0.15) is 5.10 Å². The molecule has 2 aromatic rings. The van der Waals surface area contributed by atoms with Crippen molar-refractivity contribution in [3.63, 3.8) is 0 Å². The summed E-state index contributed by atoms with van der Waals surface area (Å²) in [5, 5.41) is 10.2. The first-order chi connectivity index (χ1) is 8.58. The number of aromatic nitrogens is 2. The van der Waals surface area contributed by atoms with Crippen LogP contribution in [-0.2, 0) is 13.1 Å². The highest BCUT2D eigenvalue weighted by molar-refractivity contribution is 7.09. The molecule has 0 aliphatic heterocycles. The summed E-state index contributed by atoms with van der Waals surface area (Å²) in [6.07, 6.45) is 0. The molecule has 0 aliphatic carbocycles. The maximum atomic E-state index is 4.65. The molecule has 18 heavy (non-hydrogen) atoms. The predicted molar refractivity (Wildman–Crippen MR) is 77.1 cm³/mol. The smallest absolute Gasteiger partial charge is 0.0755 e. The van der Waals surface area contributed by atoms with Crippen LogP contribution in [0.25, 0.3) is 0 Å². The van der Waals surface area contributed by atoms with E-state index in [-0.39, 0.29) is 0 Å². The van der Waals surface area contributed by atoms with Gasteiger partial charge < -0.3 is 5.32 Å². The normalized spacial score (nSPS) is 11.4. The van der Waals surface area contributed by atoms with Gasteiger partial charge in [-0.05, 0) is 25.3 Å². The van der Waals surface area contributed by atoms with Gasteiger partial charge in [0.2, 0.25) is 0 Å². The molecule has 0 radical (unpaired) electrons. The van der Waals surface area contributed by atoms with Crippen molar-refractivity contribution in [2.24, 2.45) is 0 Å². The zero-order chi connectivity index (χ0) is 13.1. The fourth-order valence-electron chi connectivity index (χ4n) is 2.00. The van der Waals surface area contributed by atoms with Crippen molar-refractivity contribution in [1.82, 2.24) is 15.1 Å². The monoisotopic (exact) mass is 263 g/mol. The van der Waals surface area contributed by atoms with Crippen LogP contribution >= 0.6 is 11.3 Å². The summed E-state index contributed by atoms with van der Waals surface area (Å²) in [7, 11) is 0. The minimum absolute atomic E-state index is 0.504. The number of nitrogens with one attached hydrogen (secondary N) is 1. The number of aryl methyl sites for hydroxylation is 1. The Labute approximate surface area is 113 Å². The molecule has 98 valence electrons. The Morgan fingerprint density at radius 2 is 2.17 bits per heavy atom. The van der Waals surface area contributed by atoms with E-state index in [0.29, 0.717) is 6.04 Å². The van der Waals surface area contributed by atoms with Gasteiger partial charge in [0.05, 0.1) is 12.2 Å². The van der Waals surface area contributed by atoms with E-state index >= 15 is 0 Å². The molecular formula is C14H21N3S. The highest BCUT2D eigenvalue weighted by Gasteiger charge is 2.11. The predicted octanol–water partition coefficient (Wildman–Crippen LogP) is 3.11. The van der Waals surface area contributed by atoms with Crippen LogP contribution < -0.4 is 5.32 Å². The van der Waals surface area contributed by atoms with E-state index in [4.69, 9.17) is 0 Å². The van der Waals surface area contributed by atoms with Crippen molar-refractivity contribution in [3.05, 3.63) is 39.3 Å². The lowest BCUT2D eigenvalue weighted by Gasteiger charge is -2.08. The Morgan fingerprint density at radius 3 is 2.78 bits per heavy atom. The quantitative estimate of drug-likeness (QED) is 0.898. The molecule has 3 nitrogen and oxygen atoms in total. The van der Waals surface area contributed by atoms with Crippen LogP contribution in [0.5, 0.6) is 0 Å². The van der Waals surface area contributed by atoms with Crippen LogP contribution in [-0.4, -0.2) is 15.8 Å². The minimum atomic E-state index is 0.504. The zero-order valence-corrected chi connectivity index (χ0v) is 12.3. The molecule has 0 amide bonds. The third-order valence-corrected chi connectivity index (χ3v) is 3.97. The number of nitrogens with zero attached hydrogens (tertiary/aromatic N) is 2. The molecule has 0 aromatic carbocycles. The largest absolute Gasteiger partial charge is 0.310 e. The summed E-state index contributed by atoms with van der Waals surface area (Å²) in [6.45, 7) is 10.4. The Balaban J connectivity index is 2.15. The fourth-order valence-corrected chi connectivity index (χ4v) is 2.69. The Bertz CT molecular complexity index is 497. The Morgan fingerprint density at radius 1 is 1.39 bits per heavy atom. The van der Waals surface area contributed by atoms with Crippen LogP contribution in [0.1, 0.15) is 35.7 Å². The third kappa shape index (κ3) is 3.00. The molecule has 0 bridgehead atoms. The summed E-state index contributed by atoms with van der Waals surface area (Å²) >= 11 is 1.78. The first kappa shape index (κ1) is 13.3. The van der Waals surface area contributed by atoms with Gasteiger partial charge in [-0.1, -0.05) is 19.9 Å². The second-order valence-corrected chi connectivity index (χ2v) is 5.95. The van der Waals surface area contributed by atoms with E-state index in [0.717, 1.165) is 18.8 Å². The number of hydrogen-bond donors (Lipinski definition) is 1. The number of hydrogen-bond acceptors (Lipinski definition) is 3. The van der Waals surface area contributed by atoms with Gasteiger partial charge in [0.1, 0.15) is 0 Å². The van der Waals surface area contributed by atoms with Crippen LogP contribution in [0.4, 0.5) is 0 Å². The molecule has 0 saturated carbocycles. The number of thiophene rings is 1. The topological polar surface area (TPSA) is 29.9 Å². The molecule has 0 saturated heterocycles. The second kappa shape index (κ2) is 5.67. The fraction of sp³-hybridized carbons (Fsp3) is 0.500. The van der Waals surface area contributed by atoms with E-state index in [1.165, 1.54) is 16.1 Å². The van der Waals surface area contributed by atoms with Crippen LogP contribution in [0, 0.1) is 13.8 Å². The van der Waals surface area contributed by atoms with Crippen molar-refractivity contribution in [3.8, 4) is 0 Å². The molecule has 0 fully saturated rings. The average Bonchev–Trinajstić information content (AvgIpc) is 2.88. The molecule has 1 N–H and O–H groups in total. The molecule has 4 heteroatoms. The maximum absolute atomic E-state index is 4.65. The minimum Gasteiger partial charge on any atom is -0.310 e. The summed E-state index contributed by atoms with van der Waals surface area (Å²) in [5.41, 5.74) is 3.74. The van der Waals surface area contributed by atoms with Crippen molar-refractivity contribution < 1.29 is 0 Å². The van der Waals surface area contributed by atoms with Gasteiger partial charge in [-0.15, -0.1) is 11.3 Å². The van der Waals surface area contributed by atoms with E-state index in [1.807, 2.05) is 0 Å². The first-order valence-corrected chi connectivity index (χ1v) is 7.24. The summed E-state index contributed by atoms with van der Waals surface area (Å²) in [4.78, 5) is 1.35. The zero-order valence-electron chi connectivity index (χ0n) is 11.5. The van der Waals surface area contributed by atoms with Crippen molar-refractivity contribution in [2.45, 2.75) is 46.8 Å². The van der Waals surface area contributed by atoms with Crippen LogP contribution in [0.3, 0.4) is 0 Å². The highest BCUT2D eigenvalue weighted by Crippen LogP contribution is 2.16. The lowest BCUT2D eigenvalue weighted by atomic mass is 10.2. The summed E-state index contributed by atoms with van der Waals surface area (Å²) in [6, 6.07) is 4.75. The van der Waals surface area contributed by atoms with Crippen LogP contribution in [0.2, 0.25) is 0 Å². The van der Waals surface area contributed by atoms with Gasteiger partial charge in [0.15, 0.2) is 0 Å². The molecule has 0 aliphatic rings. The Hall–Kier alpha value is -1.13. The summed E-state index contributed by atoms with van der Waals surface area (Å²) < 4.78 is 2.11. The van der Waals surface area contributed by atoms with Gasteiger partial charge in [0.25, 0.3) is 0 Å². The van der Waals surface area contributed by atoms with E-state index in [1.54, 1.807) is 11.3 Å². The van der Waals surface area contributed by atoms with Crippen molar-refractivity contribution in [2.75, 3.05) is 0 Å². The van der Waals surface area contributed by atoms with Gasteiger partial charge in [-0.25, -0.2) is 0 Å². The lowest BCUT2D eigenvalue weighted by Crippen LogP contribution is -2.22. The van der Waals surface area contributed by atoms with Crippen molar-refractivity contribution in [1.29, 1.82) is 0 Å². The van der Waals surface area contributed by atoms with E-state index in [9.17, 15) is 0 Å². The molecule has 0 spiro atoms. The van der Waals surface area contributed by atoms with Gasteiger partial charge >= 0.3 is 0 Å². The number of rotatable bonds is 5. The molecule has 2 rings (SSSR count). The lowest BCUT2D eigenvalue weighted by molar-refractivity contribution is 0.584. The van der Waals surface area contributed by atoms with E-state index in [2.05, 4.69) is 60.3 Å². The second-order valence-electron chi connectivity index (χ2n) is 4.92. The first-order valence-electron chi connectivity index (χ1n) is 6.36. The van der Waals surface area contributed by atoms with Gasteiger partial charge in [-0.3, -0.25) is 4.68 Å². The van der Waals surface area contributed by atoms with Gasteiger partial charge in [0, 0.05) is 28.7 Å². The molecule has 0 atom stereocenters. The maximum Gasteiger partial charge on any atom is 0.0755 e. The standard InChI is InChI=1S/C14H21N3S/c1-10(2)15-8-14-11(3)16-17(12(14)4)9-13-6-5-7-18-13/h5-7,10,15H,8-9H2,1-4H3. The molecular weight excluding hydrogens is 242 g/mol. The Kier molecular flexibility index (Phi) is 4.19. The van der Waals surface area contributed by atoms with Crippen molar-refractivity contribution >= 4 is 11.3 Å². The molecule has 2 heterocycles. The summed E-state index contributed by atoms with van der Waals surface area (Å²) in [5.74, 6) is 0. The molecule has 0 unspecified atom stereocenters.